The number of carbonyl (C=O) groups is 2. The number of likely N-dealkylation sites (tertiary alicyclic amines) is 1. The molecule has 2 aliphatic rings. The fourth-order valence-corrected chi connectivity index (χ4v) is 4.03. The van der Waals surface area contributed by atoms with Crippen LogP contribution in [0, 0.1) is 17.7 Å². The van der Waals surface area contributed by atoms with Gasteiger partial charge >= 0.3 is 12.1 Å². The molecule has 7 heteroatoms. The van der Waals surface area contributed by atoms with E-state index in [4.69, 9.17) is 14.2 Å². The molecular formula is C21H28FNO5. The number of rotatable bonds is 4. The maximum atomic E-state index is 13.8. The molecule has 0 spiro atoms. The molecule has 0 bridgehead atoms. The number of amides is 1. The van der Waals surface area contributed by atoms with Crippen LogP contribution >= 0.6 is 0 Å². The average Bonchev–Trinajstić information content (AvgIpc) is 3.15. The Morgan fingerprint density at radius 1 is 1.21 bits per heavy atom. The van der Waals surface area contributed by atoms with E-state index in [2.05, 4.69) is 0 Å². The lowest BCUT2D eigenvalue weighted by Crippen LogP contribution is -2.37. The molecule has 1 aromatic rings. The van der Waals surface area contributed by atoms with Gasteiger partial charge in [0.05, 0.1) is 13.5 Å². The van der Waals surface area contributed by atoms with Crippen LogP contribution in [-0.4, -0.2) is 48.9 Å². The Labute approximate surface area is 164 Å². The van der Waals surface area contributed by atoms with E-state index in [0.717, 1.165) is 12.8 Å². The molecule has 1 amide bonds. The Kier molecular flexibility index (Phi) is 5.82. The second-order valence-corrected chi connectivity index (χ2v) is 8.56. The molecule has 1 saturated heterocycles. The van der Waals surface area contributed by atoms with Gasteiger partial charge in [-0.15, -0.1) is 0 Å². The minimum atomic E-state index is -0.533. The van der Waals surface area contributed by atoms with Gasteiger partial charge in [0.15, 0.2) is 11.6 Å². The summed E-state index contributed by atoms with van der Waals surface area (Å²) < 4.78 is 29.8. The van der Waals surface area contributed by atoms with Crippen LogP contribution in [0.2, 0.25) is 0 Å². The van der Waals surface area contributed by atoms with Crippen molar-refractivity contribution in [2.75, 3.05) is 20.2 Å². The number of nitrogens with zero attached hydrogens (tertiary/aromatic N) is 1. The van der Waals surface area contributed by atoms with Crippen molar-refractivity contribution in [3.8, 4) is 5.75 Å². The van der Waals surface area contributed by atoms with Crippen molar-refractivity contribution in [1.82, 2.24) is 4.90 Å². The maximum absolute atomic E-state index is 13.8. The minimum Gasteiger partial charge on any atom is -0.494 e. The molecule has 6 nitrogen and oxygen atoms in total. The third-order valence-electron chi connectivity index (χ3n) is 5.29. The van der Waals surface area contributed by atoms with E-state index in [1.807, 2.05) is 20.8 Å². The quantitative estimate of drug-likeness (QED) is 0.732. The van der Waals surface area contributed by atoms with Crippen molar-refractivity contribution in [1.29, 1.82) is 0 Å². The number of hydrogen-bond donors (Lipinski definition) is 0. The van der Waals surface area contributed by atoms with Crippen LogP contribution in [0.5, 0.6) is 5.75 Å². The van der Waals surface area contributed by atoms with Gasteiger partial charge in [-0.25, -0.2) is 9.18 Å². The number of carbonyl (C=O) groups excluding carboxylic acids is 2. The number of esters is 1. The van der Waals surface area contributed by atoms with Gasteiger partial charge in [-0.2, -0.15) is 0 Å². The van der Waals surface area contributed by atoms with E-state index < -0.39 is 11.4 Å². The van der Waals surface area contributed by atoms with Crippen LogP contribution in [0.1, 0.15) is 39.2 Å². The lowest BCUT2D eigenvalue weighted by atomic mass is 9.99. The molecule has 0 radical (unpaired) electrons. The van der Waals surface area contributed by atoms with Gasteiger partial charge in [0.2, 0.25) is 0 Å². The molecule has 3 rings (SSSR count). The van der Waals surface area contributed by atoms with E-state index in [9.17, 15) is 14.0 Å². The molecule has 28 heavy (non-hydrogen) atoms. The third kappa shape index (κ3) is 4.75. The minimum absolute atomic E-state index is 0.00454. The Hall–Kier alpha value is -2.31. The van der Waals surface area contributed by atoms with Gasteiger partial charge in [-0.1, -0.05) is 6.07 Å². The van der Waals surface area contributed by atoms with Crippen molar-refractivity contribution in [2.45, 2.75) is 51.7 Å². The summed E-state index contributed by atoms with van der Waals surface area (Å²) in [4.78, 5) is 26.3. The third-order valence-corrected chi connectivity index (χ3v) is 5.29. The summed E-state index contributed by atoms with van der Waals surface area (Å²) in [5.74, 6) is -0.291. The first-order valence-electron chi connectivity index (χ1n) is 9.66. The highest BCUT2D eigenvalue weighted by atomic mass is 19.1. The van der Waals surface area contributed by atoms with E-state index >= 15 is 0 Å². The summed E-state index contributed by atoms with van der Waals surface area (Å²) in [6.45, 7) is 6.70. The van der Waals surface area contributed by atoms with Gasteiger partial charge in [0.1, 0.15) is 11.7 Å². The van der Waals surface area contributed by atoms with Crippen LogP contribution in [0.4, 0.5) is 9.18 Å². The highest BCUT2D eigenvalue weighted by molar-refractivity contribution is 5.73. The lowest BCUT2D eigenvalue weighted by Gasteiger charge is -2.25. The summed E-state index contributed by atoms with van der Waals surface area (Å²) in [6, 6.07) is 4.44. The highest BCUT2D eigenvalue weighted by Crippen LogP contribution is 2.40. The molecule has 0 N–H and O–H groups in total. The van der Waals surface area contributed by atoms with Crippen LogP contribution in [-0.2, 0) is 20.7 Å². The predicted molar refractivity (Wildman–Crippen MR) is 101 cm³/mol. The van der Waals surface area contributed by atoms with E-state index in [0.29, 0.717) is 24.6 Å². The summed E-state index contributed by atoms with van der Waals surface area (Å²) in [6.07, 6.45) is 1.18. The van der Waals surface area contributed by atoms with E-state index in [-0.39, 0.29) is 36.3 Å². The first-order chi connectivity index (χ1) is 13.2. The Balaban J connectivity index is 1.55. The zero-order valence-corrected chi connectivity index (χ0v) is 16.9. The van der Waals surface area contributed by atoms with Crippen molar-refractivity contribution in [3.63, 3.8) is 0 Å². The standard InChI is InChI=1S/C21H28FNO5/c1-21(2,3)28-20(25)23-11-14-6-8-17(15(14)12-23)27-19(24)10-13-5-7-18(26-4)16(22)9-13/h5,7,9,14-15,17H,6,8,10-12H2,1-4H3/t14-,15-,17+/m0/s1. The van der Waals surface area contributed by atoms with Gasteiger partial charge in [0, 0.05) is 19.0 Å². The largest absolute Gasteiger partial charge is 0.494 e. The van der Waals surface area contributed by atoms with Crippen molar-refractivity contribution >= 4 is 12.1 Å². The van der Waals surface area contributed by atoms with Crippen LogP contribution in [0.25, 0.3) is 0 Å². The first-order valence-corrected chi connectivity index (χ1v) is 9.66. The fourth-order valence-electron chi connectivity index (χ4n) is 4.03. The molecule has 2 fully saturated rings. The second kappa shape index (κ2) is 7.97. The number of fused-ring (bicyclic) bond motifs is 1. The molecule has 1 aromatic carbocycles. The Bertz CT molecular complexity index is 745. The average molecular weight is 393 g/mol. The topological polar surface area (TPSA) is 65.1 Å². The van der Waals surface area contributed by atoms with Gasteiger partial charge < -0.3 is 19.1 Å². The summed E-state index contributed by atoms with van der Waals surface area (Å²) in [5.41, 5.74) is 0.00790. The SMILES string of the molecule is COc1ccc(CC(=O)O[C@@H]2CC[C@H]3CN(C(=O)OC(C)(C)C)C[C@@H]32)cc1F. The molecule has 1 aliphatic heterocycles. The predicted octanol–water partition coefficient (Wildman–Crippen LogP) is 3.57. The molecule has 1 aliphatic carbocycles. The second-order valence-electron chi connectivity index (χ2n) is 8.56. The summed E-state index contributed by atoms with van der Waals surface area (Å²) >= 11 is 0. The van der Waals surface area contributed by atoms with Gasteiger partial charge in [0.25, 0.3) is 0 Å². The molecule has 3 atom stereocenters. The van der Waals surface area contributed by atoms with Gasteiger partial charge in [-0.3, -0.25) is 4.79 Å². The first kappa shape index (κ1) is 20.4. The molecular weight excluding hydrogens is 365 g/mol. The van der Waals surface area contributed by atoms with Crippen LogP contribution < -0.4 is 4.74 Å². The number of halogens is 1. The molecule has 154 valence electrons. The normalized spacial score (nSPS) is 24.0. The molecule has 0 aromatic heterocycles. The number of benzene rings is 1. The zero-order chi connectivity index (χ0) is 20.5. The van der Waals surface area contributed by atoms with E-state index in [1.54, 1.807) is 11.0 Å². The maximum Gasteiger partial charge on any atom is 0.410 e. The van der Waals surface area contributed by atoms with Crippen molar-refractivity contribution < 1.29 is 28.2 Å². The molecule has 1 heterocycles. The molecule has 0 unspecified atom stereocenters. The van der Waals surface area contributed by atoms with E-state index in [1.165, 1.54) is 19.2 Å². The lowest BCUT2D eigenvalue weighted by molar-refractivity contribution is -0.150. The number of hydrogen-bond acceptors (Lipinski definition) is 5. The monoisotopic (exact) mass is 393 g/mol. The highest BCUT2D eigenvalue weighted by Gasteiger charge is 2.46. The van der Waals surface area contributed by atoms with Crippen molar-refractivity contribution in [3.05, 3.63) is 29.6 Å². The number of methoxy groups -OCH3 is 1. The Morgan fingerprint density at radius 3 is 2.61 bits per heavy atom. The van der Waals surface area contributed by atoms with Gasteiger partial charge in [-0.05, 0) is 57.2 Å². The zero-order valence-electron chi connectivity index (χ0n) is 16.9. The number of ether oxygens (including phenoxy) is 3. The smallest absolute Gasteiger partial charge is 0.410 e. The molecule has 1 saturated carbocycles. The van der Waals surface area contributed by atoms with Crippen molar-refractivity contribution in [2.24, 2.45) is 11.8 Å². The van der Waals surface area contributed by atoms with Crippen LogP contribution in [0.3, 0.4) is 0 Å². The summed E-state index contributed by atoms with van der Waals surface area (Å²) in [7, 11) is 1.39. The summed E-state index contributed by atoms with van der Waals surface area (Å²) in [5, 5.41) is 0. The van der Waals surface area contributed by atoms with Crippen LogP contribution in [0.15, 0.2) is 18.2 Å². The fraction of sp³-hybridized carbons (Fsp3) is 0.619. The Morgan fingerprint density at radius 2 is 1.96 bits per heavy atom.